The van der Waals surface area contributed by atoms with Crippen LogP contribution in [0.15, 0.2) is 78.9 Å². The Hall–Kier alpha value is -2.45. The van der Waals surface area contributed by atoms with E-state index >= 15 is 0 Å². The van der Waals surface area contributed by atoms with Gasteiger partial charge in [-0.05, 0) is 12.1 Å². The summed E-state index contributed by atoms with van der Waals surface area (Å²) in [6.07, 6.45) is 0. The minimum absolute atomic E-state index is 0. The number of rotatable bonds is 1. The number of hydrogen-bond acceptors (Lipinski definition) is 1. The van der Waals surface area contributed by atoms with Crippen LogP contribution < -0.4 is 17.0 Å². The summed E-state index contributed by atoms with van der Waals surface area (Å²) in [5, 5.41) is 0. The highest BCUT2D eigenvalue weighted by Crippen LogP contribution is 2.16. The van der Waals surface area contributed by atoms with Crippen LogP contribution >= 0.6 is 0 Å². The van der Waals surface area contributed by atoms with Crippen LogP contribution in [0.1, 0.15) is 0 Å². The SMILES string of the molecule is [Cl-].c1ccc(-[n+]2c3ccccc3nc3ccccc32)cc1. The monoisotopic (exact) mass is 292 g/mol. The van der Waals surface area contributed by atoms with E-state index in [9.17, 15) is 0 Å². The van der Waals surface area contributed by atoms with Crippen molar-refractivity contribution in [1.29, 1.82) is 0 Å². The van der Waals surface area contributed by atoms with Crippen LogP contribution in [0, 0.1) is 0 Å². The van der Waals surface area contributed by atoms with E-state index in [2.05, 4.69) is 65.2 Å². The molecule has 0 amide bonds. The van der Waals surface area contributed by atoms with Crippen molar-refractivity contribution >= 4 is 22.1 Å². The topological polar surface area (TPSA) is 16.8 Å². The third-order valence-corrected chi connectivity index (χ3v) is 3.50. The van der Waals surface area contributed by atoms with Crippen LogP contribution in [0.25, 0.3) is 27.8 Å². The molecule has 2 nitrogen and oxygen atoms in total. The number of benzene rings is 3. The Morgan fingerprint density at radius 2 is 1.05 bits per heavy atom. The van der Waals surface area contributed by atoms with E-state index in [1.165, 1.54) is 0 Å². The van der Waals surface area contributed by atoms with Crippen molar-refractivity contribution in [2.24, 2.45) is 0 Å². The number of nitrogens with zero attached hydrogens (tertiary/aromatic N) is 2. The maximum Gasteiger partial charge on any atom is 0.237 e. The van der Waals surface area contributed by atoms with Gasteiger partial charge >= 0.3 is 0 Å². The molecule has 0 atom stereocenters. The zero-order chi connectivity index (χ0) is 13.4. The first-order chi connectivity index (χ1) is 9.93. The van der Waals surface area contributed by atoms with Gasteiger partial charge in [0.15, 0.2) is 0 Å². The van der Waals surface area contributed by atoms with Crippen molar-refractivity contribution in [1.82, 2.24) is 4.98 Å². The Bertz CT molecular complexity index is 850. The molecule has 1 heterocycles. The van der Waals surface area contributed by atoms with Gasteiger partial charge in [-0.25, -0.2) is 4.98 Å². The van der Waals surface area contributed by atoms with Crippen molar-refractivity contribution in [2.75, 3.05) is 0 Å². The number of halogens is 1. The first kappa shape index (κ1) is 13.5. The third-order valence-electron chi connectivity index (χ3n) is 3.50. The second-order valence-electron chi connectivity index (χ2n) is 4.76. The Kier molecular flexibility index (Phi) is 3.55. The molecule has 0 aliphatic carbocycles. The highest BCUT2D eigenvalue weighted by molar-refractivity contribution is 5.82. The van der Waals surface area contributed by atoms with Crippen molar-refractivity contribution < 1.29 is 17.0 Å². The summed E-state index contributed by atoms with van der Waals surface area (Å²) >= 11 is 0. The van der Waals surface area contributed by atoms with E-state index in [1.807, 2.05) is 18.2 Å². The zero-order valence-corrected chi connectivity index (χ0v) is 12.0. The highest BCUT2D eigenvalue weighted by atomic mass is 35.5. The molecular formula is C18H13ClN2. The van der Waals surface area contributed by atoms with Gasteiger partial charge in [0, 0.05) is 24.3 Å². The van der Waals surface area contributed by atoms with E-state index < -0.39 is 0 Å². The maximum atomic E-state index is 4.74. The number of para-hydroxylation sites is 5. The molecule has 0 bridgehead atoms. The largest absolute Gasteiger partial charge is 1.00 e. The van der Waals surface area contributed by atoms with Gasteiger partial charge in [0.1, 0.15) is 11.0 Å². The van der Waals surface area contributed by atoms with Crippen LogP contribution in [0.5, 0.6) is 0 Å². The fraction of sp³-hybridized carbons (Fsp3) is 0. The van der Waals surface area contributed by atoms with Gasteiger partial charge in [0.2, 0.25) is 16.7 Å². The van der Waals surface area contributed by atoms with Crippen molar-refractivity contribution in [3.8, 4) is 5.69 Å². The van der Waals surface area contributed by atoms with E-state index in [1.54, 1.807) is 0 Å². The molecule has 0 unspecified atom stereocenters. The fourth-order valence-corrected chi connectivity index (χ4v) is 2.61. The lowest BCUT2D eigenvalue weighted by molar-refractivity contribution is -0.538. The van der Waals surface area contributed by atoms with Crippen LogP contribution in [-0.4, -0.2) is 4.98 Å². The summed E-state index contributed by atoms with van der Waals surface area (Å²) in [6.45, 7) is 0. The Morgan fingerprint density at radius 3 is 1.62 bits per heavy atom. The molecule has 3 heteroatoms. The predicted molar refractivity (Wildman–Crippen MR) is 80.8 cm³/mol. The van der Waals surface area contributed by atoms with Crippen LogP contribution in [-0.2, 0) is 0 Å². The highest BCUT2D eigenvalue weighted by Gasteiger charge is 2.17. The molecule has 0 N–H and O–H groups in total. The van der Waals surface area contributed by atoms with Crippen LogP contribution in [0.2, 0.25) is 0 Å². The molecule has 1 aromatic heterocycles. The summed E-state index contributed by atoms with van der Waals surface area (Å²) in [6, 6.07) is 26.9. The van der Waals surface area contributed by atoms with E-state index in [0.717, 1.165) is 27.8 Å². The lowest BCUT2D eigenvalue weighted by Crippen LogP contribution is -3.00. The summed E-state index contributed by atoms with van der Waals surface area (Å²) in [5.74, 6) is 0. The summed E-state index contributed by atoms with van der Waals surface area (Å²) in [4.78, 5) is 4.74. The minimum Gasteiger partial charge on any atom is -1.00 e. The molecule has 3 aromatic carbocycles. The quantitative estimate of drug-likeness (QED) is 0.372. The maximum absolute atomic E-state index is 4.74. The molecule has 102 valence electrons. The summed E-state index contributed by atoms with van der Waals surface area (Å²) < 4.78 is 2.26. The lowest BCUT2D eigenvalue weighted by atomic mass is 10.2. The van der Waals surface area contributed by atoms with Gasteiger partial charge in [0.25, 0.3) is 0 Å². The van der Waals surface area contributed by atoms with Gasteiger partial charge in [0.05, 0.1) is 0 Å². The average Bonchev–Trinajstić information content (AvgIpc) is 2.53. The Morgan fingerprint density at radius 1 is 0.571 bits per heavy atom. The van der Waals surface area contributed by atoms with Gasteiger partial charge in [-0.3, -0.25) is 0 Å². The van der Waals surface area contributed by atoms with Crippen molar-refractivity contribution in [3.63, 3.8) is 0 Å². The van der Waals surface area contributed by atoms with E-state index in [0.29, 0.717) is 0 Å². The fourth-order valence-electron chi connectivity index (χ4n) is 2.61. The molecule has 0 saturated heterocycles. The summed E-state index contributed by atoms with van der Waals surface area (Å²) in [5.41, 5.74) is 5.42. The minimum atomic E-state index is 0. The second kappa shape index (κ2) is 5.51. The van der Waals surface area contributed by atoms with Gasteiger partial charge in [-0.2, -0.15) is 0 Å². The van der Waals surface area contributed by atoms with E-state index in [-0.39, 0.29) is 12.4 Å². The molecule has 21 heavy (non-hydrogen) atoms. The normalized spacial score (nSPS) is 10.5. The molecule has 0 aliphatic rings. The smallest absolute Gasteiger partial charge is 0.237 e. The molecule has 0 saturated carbocycles. The van der Waals surface area contributed by atoms with E-state index in [4.69, 9.17) is 4.98 Å². The van der Waals surface area contributed by atoms with Crippen LogP contribution in [0.3, 0.4) is 0 Å². The molecule has 0 aliphatic heterocycles. The Balaban J connectivity index is 0.00000132. The molecule has 0 radical (unpaired) electrons. The molecule has 0 fully saturated rings. The lowest BCUT2D eigenvalue weighted by Gasteiger charge is -2.04. The predicted octanol–water partition coefficient (Wildman–Crippen LogP) is 0.669. The van der Waals surface area contributed by atoms with Crippen LogP contribution in [0.4, 0.5) is 0 Å². The van der Waals surface area contributed by atoms with Crippen molar-refractivity contribution in [3.05, 3.63) is 78.9 Å². The standard InChI is InChI=1S/C18H13N2.ClH/c1-2-8-14(9-3-1)20-17-12-6-4-10-15(17)19-16-11-5-7-13-18(16)20;/h1-13H;1H/q+1;/p-1. The first-order valence-electron chi connectivity index (χ1n) is 6.68. The van der Waals surface area contributed by atoms with Gasteiger partial charge < -0.3 is 12.4 Å². The summed E-state index contributed by atoms with van der Waals surface area (Å²) in [7, 11) is 0. The molecule has 0 spiro atoms. The number of hydrogen-bond donors (Lipinski definition) is 0. The second-order valence-corrected chi connectivity index (χ2v) is 4.76. The number of fused-ring (bicyclic) bond motifs is 2. The van der Waals surface area contributed by atoms with Gasteiger partial charge in [-0.15, -0.1) is 4.57 Å². The average molecular weight is 293 g/mol. The third kappa shape index (κ3) is 2.24. The molecular weight excluding hydrogens is 280 g/mol. The van der Waals surface area contributed by atoms with Gasteiger partial charge in [-0.1, -0.05) is 42.5 Å². The zero-order valence-electron chi connectivity index (χ0n) is 11.3. The first-order valence-corrected chi connectivity index (χ1v) is 6.68. The molecule has 4 aromatic rings. The number of aromatic nitrogens is 2. The molecule has 4 rings (SSSR count). The van der Waals surface area contributed by atoms with Crippen molar-refractivity contribution in [2.45, 2.75) is 0 Å². The Labute approximate surface area is 129 Å².